The predicted molar refractivity (Wildman–Crippen MR) is 60.7 cm³/mol. The van der Waals surface area contributed by atoms with Crippen LogP contribution in [0.5, 0.6) is 0 Å². The Balaban J connectivity index is 4.04. The molecule has 0 amide bonds. The van der Waals surface area contributed by atoms with Gasteiger partial charge in [0, 0.05) is 13.2 Å². The van der Waals surface area contributed by atoms with E-state index in [1.807, 2.05) is 6.07 Å². The van der Waals surface area contributed by atoms with Crippen LogP contribution in [-0.4, -0.2) is 25.8 Å². The SMILES string of the molecule is CCCCOC(OCCCC)C(C#N)C=O. The Bertz CT molecular complexity index is 203. The number of carbonyl (C=O) groups excluding carboxylic acids is 1. The van der Waals surface area contributed by atoms with Crippen LogP contribution in [0.15, 0.2) is 0 Å². The van der Waals surface area contributed by atoms with Gasteiger partial charge in [-0.05, 0) is 12.8 Å². The first-order chi connectivity index (χ1) is 7.79. The molecule has 0 saturated carbocycles. The fourth-order valence-corrected chi connectivity index (χ4v) is 1.10. The Morgan fingerprint density at radius 2 is 1.69 bits per heavy atom. The summed E-state index contributed by atoms with van der Waals surface area (Å²) in [4.78, 5) is 10.7. The molecule has 4 heteroatoms. The Kier molecular flexibility index (Phi) is 9.98. The maximum absolute atomic E-state index is 10.7. The molecule has 0 N–H and O–H groups in total. The number of nitriles is 1. The Labute approximate surface area is 97.5 Å². The van der Waals surface area contributed by atoms with E-state index in [0.29, 0.717) is 19.5 Å². The Morgan fingerprint density at radius 1 is 1.19 bits per heavy atom. The van der Waals surface area contributed by atoms with Gasteiger partial charge in [0.1, 0.15) is 6.29 Å². The molecular formula is C12H21NO3. The van der Waals surface area contributed by atoms with Gasteiger partial charge in [-0.15, -0.1) is 0 Å². The monoisotopic (exact) mass is 227 g/mol. The third-order valence-corrected chi connectivity index (χ3v) is 2.15. The first kappa shape index (κ1) is 15.1. The normalized spacial score (nSPS) is 12.4. The molecule has 0 bridgehead atoms. The van der Waals surface area contributed by atoms with Crippen LogP contribution in [0.25, 0.3) is 0 Å². The molecule has 0 aliphatic heterocycles. The largest absolute Gasteiger partial charge is 0.351 e. The van der Waals surface area contributed by atoms with Gasteiger partial charge in [-0.1, -0.05) is 26.7 Å². The highest BCUT2D eigenvalue weighted by Gasteiger charge is 2.21. The summed E-state index contributed by atoms with van der Waals surface area (Å²) in [5, 5.41) is 8.77. The fourth-order valence-electron chi connectivity index (χ4n) is 1.10. The third kappa shape index (κ3) is 6.54. The van der Waals surface area contributed by atoms with Crippen LogP contribution >= 0.6 is 0 Å². The van der Waals surface area contributed by atoms with Gasteiger partial charge in [-0.25, -0.2) is 0 Å². The molecule has 4 nitrogen and oxygen atoms in total. The predicted octanol–water partition coefficient (Wildman–Crippen LogP) is 2.28. The van der Waals surface area contributed by atoms with Crippen molar-refractivity contribution in [2.45, 2.75) is 45.8 Å². The maximum Gasteiger partial charge on any atom is 0.179 e. The van der Waals surface area contributed by atoms with Crippen LogP contribution in [0, 0.1) is 17.2 Å². The standard InChI is InChI=1S/C12H21NO3/c1-3-5-7-15-12(11(9-13)10-14)16-8-6-4-2/h10-12H,3-8H2,1-2H3. The minimum atomic E-state index is -0.825. The molecule has 0 rings (SSSR count). The number of unbranched alkanes of at least 4 members (excludes halogenated alkanes) is 2. The Hall–Kier alpha value is -0.920. The molecule has 0 fully saturated rings. The zero-order valence-electron chi connectivity index (χ0n) is 10.1. The van der Waals surface area contributed by atoms with Gasteiger partial charge in [-0.3, -0.25) is 0 Å². The minimum absolute atomic E-state index is 0.527. The molecular weight excluding hydrogens is 206 g/mol. The van der Waals surface area contributed by atoms with E-state index < -0.39 is 12.2 Å². The zero-order chi connectivity index (χ0) is 12.2. The lowest BCUT2D eigenvalue weighted by molar-refractivity contribution is -0.164. The summed E-state index contributed by atoms with van der Waals surface area (Å²) < 4.78 is 10.8. The van der Waals surface area contributed by atoms with Crippen LogP contribution in [-0.2, 0) is 14.3 Å². The van der Waals surface area contributed by atoms with Crippen molar-refractivity contribution in [1.82, 2.24) is 0 Å². The first-order valence-electron chi connectivity index (χ1n) is 5.88. The number of ether oxygens (including phenoxy) is 2. The van der Waals surface area contributed by atoms with Crippen molar-refractivity contribution in [2.24, 2.45) is 5.92 Å². The minimum Gasteiger partial charge on any atom is -0.351 e. The van der Waals surface area contributed by atoms with Gasteiger partial charge in [0.05, 0.1) is 6.07 Å². The van der Waals surface area contributed by atoms with E-state index in [1.165, 1.54) is 0 Å². The van der Waals surface area contributed by atoms with Crippen LogP contribution < -0.4 is 0 Å². The first-order valence-corrected chi connectivity index (χ1v) is 5.88. The van der Waals surface area contributed by atoms with Gasteiger partial charge in [0.2, 0.25) is 0 Å². The number of rotatable bonds is 10. The van der Waals surface area contributed by atoms with Gasteiger partial charge in [-0.2, -0.15) is 5.26 Å². The second-order valence-corrected chi connectivity index (χ2v) is 3.61. The molecule has 0 heterocycles. The highest BCUT2D eigenvalue weighted by Crippen LogP contribution is 2.09. The van der Waals surface area contributed by atoms with Crippen LogP contribution in [0.1, 0.15) is 39.5 Å². The summed E-state index contributed by atoms with van der Waals surface area (Å²) >= 11 is 0. The number of hydrogen-bond acceptors (Lipinski definition) is 4. The van der Waals surface area contributed by atoms with Crippen molar-refractivity contribution in [3.8, 4) is 6.07 Å². The molecule has 0 aliphatic rings. The summed E-state index contributed by atoms with van der Waals surface area (Å²) in [5.41, 5.74) is 0. The lowest BCUT2D eigenvalue weighted by Gasteiger charge is -2.19. The topological polar surface area (TPSA) is 59.3 Å². The van der Waals surface area contributed by atoms with Crippen molar-refractivity contribution < 1.29 is 14.3 Å². The maximum atomic E-state index is 10.7. The van der Waals surface area contributed by atoms with Crippen molar-refractivity contribution in [3.05, 3.63) is 0 Å². The van der Waals surface area contributed by atoms with E-state index in [2.05, 4.69) is 13.8 Å². The summed E-state index contributed by atoms with van der Waals surface area (Å²) in [6.07, 6.45) is 3.72. The van der Waals surface area contributed by atoms with E-state index in [-0.39, 0.29) is 0 Å². The molecule has 0 spiro atoms. The fraction of sp³-hybridized carbons (Fsp3) is 0.833. The van der Waals surface area contributed by atoms with Gasteiger partial charge in [0.15, 0.2) is 12.2 Å². The zero-order valence-corrected chi connectivity index (χ0v) is 10.1. The van der Waals surface area contributed by atoms with E-state index in [1.54, 1.807) is 0 Å². The van der Waals surface area contributed by atoms with E-state index >= 15 is 0 Å². The lowest BCUT2D eigenvalue weighted by atomic mass is 10.2. The van der Waals surface area contributed by atoms with Crippen LogP contribution in [0.4, 0.5) is 0 Å². The van der Waals surface area contributed by atoms with Crippen molar-refractivity contribution >= 4 is 6.29 Å². The molecule has 0 aromatic carbocycles. The molecule has 1 atom stereocenters. The molecule has 0 saturated heterocycles. The summed E-state index contributed by atoms with van der Waals surface area (Å²) in [7, 11) is 0. The Morgan fingerprint density at radius 3 is 2.00 bits per heavy atom. The average Bonchev–Trinajstić information content (AvgIpc) is 2.30. The molecule has 92 valence electrons. The van der Waals surface area contributed by atoms with Crippen molar-refractivity contribution in [2.75, 3.05) is 13.2 Å². The molecule has 0 radical (unpaired) electrons. The second-order valence-electron chi connectivity index (χ2n) is 3.61. The molecule has 0 aliphatic carbocycles. The number of carbonyl (C=O) groups is 1. The van der Waals surface area contributed by atoms with Crippen LogP contribution in [0.3, 0.4) is 0 Å². The highest BCUT2D eigenvalue weighted by atomic mass is 16.7. The summed E-state index contributed by atoms with van der Waals surface area (Å²) in [6, 6.07) is 1.89. The summed E-state index contributed by atoms with van der Waals surface area (Å²) in [6.45, 7) is 5.16. The number of nitrogens with zero attached hydrogens (tertiary/aromatic N) is 1. The van der Waals surface area contributed by atoms with Gasteiger partial charge in [0.25, 0.3) is 0 Å². The number of aldehydes is 1. The number of hydrogen-bond donors (Lipinski definition) is 0. The van der Waals surface area contributed by atoms with Gasteiger partial charge < -0.3 is 14.3 Å². The highest BCUT2D eigenvalue weighted by molar-refractivity contribution is 5.58. The summed E-state index contributed by atoms with van der Waals surface area (Å²) in [5.74, 6) is -0.825. The van der Waals surface area contributed by atoms with Crippen molar-refractivity contribution in [1.29, 1.82) is 5.26 Å². The smallest absolute Gasteiger partial charge is 0.179 e. The van der Waals surface area contributed by atoms with E-state index in [9.17, 15) is 4.79 Å². The second kappa shape index (κ2) is 10.6. The van der Waals surface area contributed by atoms with Crippen molar-refractivity contribution in [3.63, 3.8) is 0 Å². The molecule has 0 aromatic heterocycles. The van der Waals surface area contributed by atoms with Crippen LogP contribution in [0.2, 0.25) is 0 Å². The molecule has 16 heavy (non-hydrogen) atoms. The molecule has 0 aromatic rings. The molecule has 1 unspecified atom stereocenters. The van der Waals surface area contributed by atoms with Gasteiger partial charge >= 0.3 is 0 Å². The third-order valence-electron chi connectivity index (χ3n) is 2.15. The lowest BCUT2D eigenvalue weighted by Crippen LogP contribution is -2.28. The quantitative estimate of drug-likeness (QED) is 0.326. The van der Waals surface area contributed by atoms with E-state index in [0.717, 1.165) is 25.7 Å². The van der Waals surface area contributed by atoms with E-state index in [4.69, 9.17) is 14.7 Å². The average molecular weight is 227 g/mol.